The van der Waals surface area contributed by atoms with E-state index in [0.29, 0.717) is 10.0 Å². The second-order valence-corrected chi connectivity index (χ2v) is 8.44. The number of hydrogen-bond donors (Lipinski definition) is 3. The molecule has 0 atom stereocenters. The zero-order valence-electron chi connectivity index (χ0n) is 15.3. The Kier molecular flexibility index (Phi) is 7.54. The molecule has 0 aliphatic carbocycles. The highest BCUT2D eigenvalue weighted by atomic mass is 79.9. The van der Waals surface area contributed by atoms with Crippen molar-refractivity contribution in [1.82, 2.24) is 4.72 Å². The SMILES string of the molecule is COc1cc(/C=C/C(=O)c2ccc(S(=O)(=O)NCCC(=O)O)cc2)cc(Br)c1O. The number of carbonyl (C=O) groups excluding carboxylic acids is 1. The number of phenols is 1. The fourth-order valence-electron chi connectivity index (χ4n) is 2.29. The van der Waals surface area contributed by atoms with Crippen LogP contribution in [-0.4, -0.2) is 44.0 Å². The molecule has 8 nitrogen and oxygen atoms in total. The van der Waals surface area contributed by atoms with Gasteiger partial charge >= 0.3 is 5.97 Å². The van der Waals surface area contributed by atoms with Crippen molar-refractivity contribution in [2.45, 2.75) is 11.3 Å². The molecule has 2 aromatic carbocycles. The van der Waals surface area contributed by atoms with Gasteiger partial charge in [-0.05, 0) is 64.0 Å². The lowest BCUT2D eigenvalue weighted by Crippen LogP contribution is -2.26. The summed E-state index contributed by atoms with van der Waals surface area (Å²) in [5.41, 5.74) is 0.886. The number of allylic oxidation sites excluding steroid dienone is 1. The minimum Gasteiger partial charge on any atom is -0.503 e. The van der Waals surface area contributed by atoms with Gasteiger partial charge in [-0.15, -0.1) is 0 Å². The van der Waals surface area contributed by atoms with Gasteiger partial charge in [0.15, 0.2) is 17.3 Å². The van der Waals surface area contributed by atoms with Crippen molar-refractivity contribution in [3.63, 3.8) is 0 Å². The first-order chi connectivity index (χ1) is 13.6. The summed E-state index contributed by atoms with van der Waals surface area (Å²) < 4.78 is 31.8. The quantitative estimate of drug-likeness (QED) is 0.369. The third kappa shape index (κ3) is 6.14. The van der Waals surface area contributed by atoms with Crippen molar-refractivity contribution in [1.29, 1.82) is 0 Å². The van der Waals surface area contributed by atoms with E-state index in [1.165, 1.54) is 43.5 Å². The Labute approximate surface area is 176 Å². The number of carboxylic acid groups (broad SMARTS) is 1. The molecule has 0 radical (unpaired) electrons. The second kappa shape index (κ2) is 9.68. The third-order valence-corrected chi connectivity index (χ3v) is 5.86. The maximum absolute atomic E-state index is 12.3. The number of ketones is 1. The number of nitrogens with one attached hydrogen (secondary N) is 1. The van der Waals surface area contributed by atoms with Crippen LogP contribution in [0.15, 0.2) is 51.8 Å². The molecule has 2 rings (SSSR count). The summed E-state index contributed by atoms with van der Waals surface area (Å²) >= 11 is 3.20. The van der Waals surface area contributed by atoms with E-state index in [0.717, 1.165) is 0 Å². The molecular weight excluding hydrogens is 466 g/mol. The Morgan fingerprint density at radius 3 is 2.45 bits per heavy atom. The Morgan fingerprint density at radius 2 is 1.86 bits per heavy atom. The number of methoxy groups -OCH3 is 1. The van der Waals surface area contributed by atoms with Crippen LogP contribution in [0.1, 0.15) is 22.3 Å². The summed E-state index contributed by atoms with van der Waals surface area (Å²) in [7, 11) is -2.45. The van der Waals surface area contributed by atoms with Gasteiger partial charge in [0, 0.05) is 12.1 Å². The predicted molar refractivity (Wildman–Crippen MR) is 110 cm³/mol. The van der Waals surface area contributed by atoms with Gasteiger partial charge in [0.1, 0.15) is 0 Å². The summed E-state index contributed by atoms with van der Waals surface area (Å²) in [5, 5.41) is 18.4. The topological polar surface area (TPSA) is 130 Å². The van der Waals surface area contributed by atoms with Crippen LogP contribution in [0, 0.1) is 0 Å². The normalized spacial score (nSPS) is 11.5. The first-order valence-corrected chi connectivity index (χ1v) is 10.5. The first kappa shape index (κ1) is 22.6. The summed E-state index contributed by atoms with van der Waals surface area (Å²) in [6.07, 6.45) is 2.51. The molecule has 29 heavy (non-hydrogen) atoms. The lowest BCUT2D eigenvalue weighted by atomic mass is 10.1. The Bertz CT molecular complexity index is 1050. The van der Waals surface area contributed by atoms with Crippen LogP contribution >= 0.6 is 15.9 Å². The van der Waals surface area contributed by atoms with Crippen molar-refractivity contribution in [3.05, 3.63) is 58.1 Å². The standard InChI is InChI=1S/C19H18BrNO7S/c1-28-17-11-12(10-15(20)19(17)25)2-7-16(22)13-3-5-14(6-4-13)29(26,27)21-9-8-18(23)24/h2-7,10-11,21,25H,8-9H2,1H3,(H,23,24)/b7-2+. The Morgan fingerprint density at radius 1 is 1.21 bits per heavy atom. The number of benzene rings is 2. The summed E-state index contributed by atoms with van der Waals surface area (Å²) in [5.74, 6) is -1.27. The first-order valence-electron chi connectivity index (χ1n) is 8.24. The molecule has 0 spiro atoms. The fourth-order valence-corrected chi connectivity index (χ4v) is 3.78. The van der Waals surface area contributed by atoms with E-state index >= 15 is 0 Å². The van der Waals surface area contributed by atoms with E-state index in [9.17, 15) is 23.1 Å². The molecule has 0 unspecified atom stereocenters. The zero-order chi connectivity index (χ0) is 21.6. The molecular formula is C19H18BrNO7S. The maximum Gasteiger partial charge on any atom is 0.304 e. The number of carboxylic acids is 1. The van der Waals surface area contributed by atoms with Crippen LogP contribution in [0.2, 0.25) is 0 Å². The zero-order valence-corrected chi connectivity index (χ0v) is 17.7. The van der Waals surface area contributed by atoms with Crippen LogP contribution in [-0.2, 0) is 14.8 Å². The van der Waals surface area contributed by atoms with Gasteiger partial charge in [0.2, 0.25) is 10.0 Å². The highest BCUT2D eigenvalue weighted by Crippen LogP contribution is 2.35. The number of phenolic OH excluding ortho intramolecular Hbond substituents is 1. The van der Waals surface area contributed by atoms with Gasteiger partial charge in [-0.1, -0.05) is 6.08 Å². The molecule has 0 saturated carbocycles. The Hall–Kier alpha value is -2.69. The highest BCUT2D eigenvalue weighted by molar-refractivity contribution is 9.10. The lowest BCUT2D eigenvalue weighted by Gasteiger charge is -2.07. The largest absolute Gasteiger partial charge is 0.503 e. The lowest BCUT2D eigenvalue weighted by molar-refractivity contribution is -0.136. The molecule has 0 fully saturated rings. The number of sulfonamides is 1. The summed E-state index contributed by atoms with van der Waals surface area (Å²) in [4.78, 5) is 22.7. The Balaban J connectivity index is 2.12. The van der Waals surface area contributed by atoms with Gasteiger partial charge in [-0.25, -0.2) is 13.1 Å². The molecule has 0 aliphatic heterocycles. The van der Waals surface area contributed by atoms with Gasteiger partial charge in [-0.3, -0.25) is 9.59 Å². The molecule has 0 heterocycles. The summed E-state index contributed by atoms with van der Waals surface area (Å²) in [6, 6.07) is 8.44. The van der Waals surface area contributed by atoms with Crippen molar-refractivity contribution in [3.8, 4) is 11.5 Å². The van der Waals surface area contributed by atoms with E-state index in [-0.39, 0.29) is 40.7 Å². The molecule has 10 heteroatoms. The van der Waals surface area contributed by atoms with Gasteiger partial charge in [0.25, 0.3) is 0 Å². The molecule has 154 valence electrons. The summed E-state index contributed by atoms with van der Waals surface area (Å²) in [6.45, 7) is -0.229. The smallest absolute Gasteiger partial charge is 0.304 e. The molecule has 0 amide bonds. The van der Waals surface area contributed by atoms with E-state index in [1.54, 1.807) is 12.1 Å². The van der Waals surface area contributed by atoms with Crippen molar-refractivity contribution in [2.24, 2.45) is 0 Å². The van der Waals surface area contributed by atoms with Crippen molar-refractivity contribution in [2.75, 3.05) is 13.7 Å². The molecule has 2 aromatic rings. The fraction of sp³-hybridized carbons (Fsp3) is 0.158. The van der Waals surface area contributed by atoms with Crippen LogP contribution in [0.3, 0.4) is 0 Å². The number of rotatable bonds is 9. The average molecular weight is 484 g/mol. The van der Waals surface area contributed by atoms with E-state index in [1.807, 2.05) is 0 Å². The number of aromatic hydroxyl groups is 1. The van der Waals surface area contributed by atoms with E-state index < -0.39 is 16.0 Å². The van der Waals surface area contributed by atoms with Crippen molar-refractivity contribution < 1.29 is 33.0 Å². The molecule has 3 N–H and O–H groups in total. The highest BCUT2D eigenvalue weighted by Gasteiger charge is 2.15. The van der Waals surface area contributed by atoms with Crippen LogP contribution in [0.5, 0.6) is 11.5 Å². The predicted octanol–water partition coefficient (Wildman–Crippen LogP) is 2.81. The maximum atomic E-state index is 12.3. The van der Waals surface area contributed by atoms with Gasteiger partial charge < -0.3 is 14.9 Å². The minimum absolute atomic E-state index is 0.0512. The molecule has 0 aromatic heterocycles. The average Bonchev–Trinajstić information content (AvgIpc) is 2.68. The van der Waals surface area contributed by atoms with Crippen molar-refractivity contribution >= 4 is 43.8 Å². The monoisotopic (exact) mass is 483 g/mol. The number of carbonyl (C=O) groups is 2. The number of ether oxygens (including phenoxy) is 1. The van der Waals surface area contributed by atoms with Gasteiger partial charge in [0.05, 0.1) is 22.9 Å². The van der Waals surface area contributed by atoms with Crippen LogP contribution < -0.4 is 9.46 Å². The second-order valence-electron chi connectivity index (χ2n) is 5.82. The third-order valence-electron chi connectivity index (χ3n) is 3.78. The minimum atomic E-state index is -3.86. The molecule has 0 aliphatic rings. The number of hydrogen-bond acceptors (Lipinski definition) is 6. The molecule has 0 bridgehead atoms. The molecule has 0 saturated heterocycles. The van der Waals surface area contributed by atoms with Crippen LogP contribution in [0.4, 0.5) is 0 Å². The number of aliphatic carboxylic acids is 1. The number of halogens is 1. The van der Waals surface area contributed by atoms with E-state index in [2.05, 4.69) is 20.7 Å². The van der Waals surface area contributed by atoms with E-state index in [4.69, 9.17) is 9.84 Å². The van der Waals surface area contributed by atoms with Gasteiger partial charge in [-0.2, -0.15) is 0 Å². The van der Waals surface area contributed by atoms with Crippen LogP contribution in [0.25, 0.3) is 6.08 Å².